The highest BCUT2D eigenvalue weighted by molar-refractivity contribution is 5.96. The van der Waals surface area contributed by atoms with Crippen molar-refractivity contribution in [2.75, 3.05) is 6.54 Å². The van der Waals surface area contributed by atoms with Gasteiger partial charge in [0.15, 0.2) is 6.29 Å². The van der Waals surface area contributed by atoms with Gasteiger partial charge in [0, 0.05) is 11.8 Å². The van der Waals surface area contributed by atoms with E-state index >= 15 is 0 Å². The lowest BCUT2D eigenvalue weighted by Crippen LogP contribution is -2.68. The maximum atomic E-state index is 12.2. The summed E-state index contributed by atoms with van der Waals surface area (Å²) < 4.78 is 0. The van der Waals surface area contributed by atoms with E-state index in [1.807, 2.05) is 6.92 Å². The summed E-state index contributed by atoms with van der Waals surface area (Å²) in [4.78, 5) is 25.2. The van der Waals surface area contributed by atoms with Crippen molar-refractivity contribution < 1.29 is 9.59 Å². The van der Waals surface area contributed by atoms with Crippen LogP contribution in [0.15, 0.2) is 5.10 Å². The molecular weight excluding hydrogens is 234 g/mol. The molecule has 1 atom stereocenters. The number of hydrazone groups is 1. The lowest BCUT2D eigenvalue weighted by Gasteiger charge is -2.39. The van der Waals surface area contributed by atoms with Crippen LogP contribution in [0.4, 0.5) is 9.59 Å². The second-order valence-corrected chi connectivity index (χ2v) is 4.55. The molecule has 1 aliphatic rings. The summed E-state index contributed by atoms with van der Waals surface area (Å²) in [6.45, 7) is 9.68. The van der Waals surface area contributed by atoms with Crippen LogP contribution >= 0.6 is 0 Å². The zero-order valence-electron chi connectivity index (χ0n) is 11.5. The van der Waals surface area contributed by atoms with Crippen molar-refractivity contribution in [3.05, 3.63) is 0 Å². The summed E-state index contributed by atoms with van der Waals surface area (Å²) in [6, 6.07) is -1.03. The van der Waals surface area contributed by atoms with E-state index in [-0.39, 0.29) is 6.04 Å². The Labute approximate surface area is 107 Å². The molecule has 7 heteroatoms. The minimum atomic E-state index is -0.597. The van der Waals surface area contributed by atoms with Crippen molar-refractivity contribution in [1.29, 1.82) is 0 Å². The third-order valence-electron chi connectivity index (χ3n) is 2.35. The van der Waals surface area contributed by atoms with Crippen LogP contribution in [-0.4, -0.2) is 46.6 Å². The van der Waals surface area contributed by atoms with Crippen molar-refractivity contribution in [1.82, 2.24) is 20.5 Å². The Bertz CT molecular complexity index is 362. The van der Waals surface area contributed by atoms with Crippen molar-refractivity contribution in [3.8, 4) is 0 Å². The van der Waals surface area contributed by atoms with Gasteiger partial charge in [-0.05, 0) is 34.2 Å². The molecule has 1 rings (SSSR count). The molecule has 0 aromatic rings. The normalized spacial score (nSPS) is 20.2. The van der Waals surface area contributed by atoms with E-state index in [0.29, 0.717) is 6.54 Å². The van der Waals surface area contributed by atoms with E-state index < -0.39 is 18.4 Å². The van der Waals surface area contributed by atoms with Crippen LogP contribution in [-0.2, 0) is 0 Å². The lowest BCUT2D eigenvalue weighted by molar-refractivity contribution is 0.0840. The van der Waals surface area contributed by atoms with Crippen molar-refractivity contribution >= 4 is 17.8 Å². The number of nitrogens with zero attached hydrogens (tertiary/aromatic N) is 3. The first-order chi connectivity index (χ1) is 8.38. The molecule has 0 saturated carbocycles. The quantitative estimate of drug-likeness (QED) is 0.739. The number of nitrogens with one attached hydrogen (secondary N) is 2. The molecule has 18 heavy (non-hydrogen) atoms. The smallest absolute Gasteiger partial charge is 0.303 e. The summed E-state index contributed by atoms with van der Waals surface area (Å²) >= 11 is 0. The molecule has 0 aromatic heterocycles. The summed E-state index contributed by atoms with van der Waals surface area (Å²) in [5.74, 6) is 0. The number of carbonyl (C=O) groups excluding carboxylic acids is 2. The molecule has 0 bridgehead atoms. The number of urea groups is 2. The maximum absolute atomic E-state index is 12.2. The number of amides is 4. The molecule has 1 unspecified atom stereocenters. The number of rotatable bonds is 4. The predicted molar refractivity (Wildman–Crippen MR) is 69.0 cm³/mol. The summed E-state index contributed by atoms with van der Waals surface area (Å²) in [5.41, 5.74) is 0.742. The van der Waals surface area contributed by atoms with Gasteiger partial charge in [0.25, 0.3) is 0 Å². The fourth-order valence-electron chi connectivity index (χ4n) is 1.66. The summed E-state index contributed by atoms with van der Waals surface area (Å²) in [7, 11) is 0. The second-order valence-electron chi connectivity index (χ2n) is 4.55. The van der Waals surface area contributed by atoms with Crippen LogP contribution in [0.25, 0.3) is 0 Å². The molecule has 0 radical (unpaired) electrons. The summed E-state index contributed by atoms with van der Waals surface area (Å²) in [6.07, 6.45) is -0.597. The first-order valence-corrected chi connectivity index (χ1v) is 6.06. The molecule has 2 N–H and O–H groups in total. The minimum absolute atomic E-state index is 0.213. The molecule has 1 heterocycles. The average molecular weight is 255 g/mol. The van der Waals surface area contributed by atoms with Gasteiger partial charge in [-0.25, -0.2) is 14.5 Å². The van der Waals surface area contributed by atoms with Crippen LogP contribution in [0.5, 0.6) is 0 Å². The Kier molecular flexibility index (Phi) is 4.66. The van der Waals surface area contributed by atoms with Crippen LogP contribution in [0.1, 0.15) is 34.6 Å². The van der Waals surface area contributed by atoms with Gasteiger partial charge in [-0.2, -0.15) is 10.1 Å². The number of hydrogen-bond donors (Lipinski definition) is 2. The molecule has 4 amide bonds. The monoisotopic (exact) mass is 255 g/mol. The Hall–Kier alpha value is -1.63. The largest absolute Gasteiger partial charge is 0.351 e. The van der Waals surface area contributed by atoms with Crippen molar-refractivity contribution in [3.63, 3.8) is 0 Å². The predicted octanol–water partition coefficient (Wildman–Crippen LogP) is 1.13. The standard InChI is InChI=1S/C11H21N5O2/c1-6-12-9-13-10(17)15(8(4)5)11(18)16(9)14-7(2)3/h8-9,12H,6H2,1-5H3,(H,13,17). The molecule has 0 aliphatic carbocycles. The number of carbonyl (C=O) groups is 2. The van der Waals surface area contributed by atoms with Gasteiger partial charge in [0.1, 0.15) is 0 Å². The SMILES string of the molecule is CCNC1NC(=O)N(C(C)C)C(=O)N1N=C(C)C. The Balaban J connectivity index is 3.02. The Morgan fingerprint density at radius 2 is 2.06 bits per heavy atom. The molecular formula is C11H21N5O2. The Morgan fingerprint density at radius 3 is 2.50 bits per heavy atom. The van der Waals surface area contributed by atoms with E-state index in [4.69, 9.17) is 0 Å². The molecule has 102 valence electrons. The molecule has 7 nitrogen and oxygen atoms in total. The van der Waals surface area contributed by atoms with E-state index in [1.54, 1.807) is 27.7 Å². The zero-order chi connectivity index (χ0) is 13.9. The highest BCUT2D eigenvalue weighted by Gasteiger charge is 2.39. The third-order valence-corrected chi connectivity index (χ3v) is 2.35. The van der Waals surface area contributed by atoms with Crippen LogP contribution in [0, 0.1) is 0 Å². The fourth-order valence-corrected chi connectivity index (χ4v) is 1.66. The highest BCUT2D eigenvalue weighted by Crippen LogP contribution is 2.13. The molecule has 0 spiro atoms. The fraction of sp³-hybridized carbons (Fsp3) is 0.727. The van der Waals surface area contributed by atoms with Gasteiger partial charge in [0.2, 0.25) is 0 Å². The Morgan fingerprint density at radius 1 is 1.44 bits per heavy atom. The minimum Gasteiger partial charge on any atom is -0.303 e. The molecule has 1 aliphatic heterocycles. The third kappa shape index (κ3) is 2.98. The number of hydrogen-bond acceptors (Lipinski definition) is 4. The second kappa shape index (κ2) is 5.81. The van der Waals surface area contributed by atoms with Gasteiger partial charge >= 0.3 is 12.1 Å². The van der Waals surface area contributed by atoms with E-state index in [1.165, 1.54) is 5.01 Å². The summed E-state index contributed by atoms with van der Waals surface area (Å²) in [5, 5.41) is 11.1. The maximum Gasteiger partial charge on any atom is 0.351 e. The highest BCUT2D eigenvalue weighted by atomic mass is 16.2. The van der Waals surface area contributed by atoms with Crippen molar-refractivity contribution in [2.24, 2.45) is 5.10 Å². The van der Waals surface area contributed by atoms with Gasteiger partial charge in [0.05, 0.1) is 0 Å². The first-order valence-electron chi connectivity index (χ1n) is 6.06. The van der Waals surface area contributed by atoms with Gasteiger partial charge in [-0.3, -0.25) is 5.32 Å². The first kappa shape index (κ1) is 14.4. The van der Waals surface area contributed by atoms with E-state index in [0.717, 1.165) is 10.6 Å². The van der Waals surface area contributed by atoms with Crippen molar-refractivity contribution in [2.45, 2.75) is 47.0 Å². The van der Waals surface area contributed by atoms with Crippen LogP contribution < -0.4 is 10.6 Å². The van der Waals surface area contributed by atoms with Gasteiger partial charge in [-0.1, -0.05) is 6.92 Å². The molecule has 1 saturated heterocycles. The van der Waals surface area contributed by atoms with Gasteiger partial charge < -0.3 is 5.32 Å². The van der Waals surface area contributed by atoms with E-state index in [9.17, 15) is 9.59 Å². The zero-order valence-corrected chi connectivity index (χ0v) is 11.5. The van der Waals surface area contributed by atoms with E-state index in [2.05, 4.69) is 15.7 Å². The topological polar surface area (TPSA) is 77.0 Å². The molecule has 1 fully saturated rings. The molecule has 0 aromatic carbocycles. The average Bonchev–Trinajstić information content (AvgIpc) is 2.23. The van der Waals surface area contributed by atoms with Crippen LogP contribution in [0.2, 0.25) is 0 Å². The lowest BCUT2D eigenvalue weighted by atomic mass is 10.3. The van der Waals surface area contributed by atoms with Crippen LogP contribution in [0.3, 0.4) is 0 Å². The van der Waals surface area contributed by atoms with Gasteiger partial charge in [-0.15, -0.1) is 0 Å². The number of imide groups is 1.